The van der Waals surface area contributed by atoms with Crippen LogP contribution < -0.4 is 0 Å². The third-order valence-corrected chi connectivity index (χ3v) is 6.95. The number of sulfonamides is 1. The fourth-order valence-electron chi connectivity index (χ4n) is 2.66. The van der Waals surface area contributed by atoms with Gasteiger partial charge in [0.15, 0.2) is 9.84 Å². The number of carbonyl (C=O) groups excluding carboxylic acids is 1. The van der Waals surface area contributed by atoms with E-state index in [9.17, 15) is 21.6 Å². The van der Waals surface area contributed by atoms with E-state index >= 15 is 0 Å². The molecule has 1 amide bonds. The monoisotopic (exact) mass is 370 g/mol. The summed E-state index contributed by atoms with van der Waals surface area (Å²) < 4.78 is 52.6. The molecule has 0 aliphatic carbocycles. The van der Waals surface area contributed by atoms with Crippen molar-refractivity contribution in [2.45, 2.75) is 25.8 Å². The Kier molecular flexibility index (Phi) is 7.43. The zero-order valence-electron chi connectivity index (χ0n) is 13.9. The summed E-state index contributed by atoms with van der Waals surface area (Å²) in [5, 5.41) is 0. The highest BCUT2D eigenvalue weighted by molar-refractivity contribution is 7.91. The first-order valence-electron chi connectivity index (χ1n) is 7.54. The maximum Gasteiger partial charge on any atom is 0.224 e. The molecule has 0 spiro atoms. The van der Waals surface area contributed by atoms with Crippen molar-refractivity contribution in [2.75, 3.05) is 51.1 Å². The lowest BCUT2D eigenvalue weighted by Gasteiger charge is -2.28. The minimum Gasteiger partial charge on any atom is -0.383 e. The van der Waals surface area contributed by atoms with Crippen LogP contribution in [-0.4, -0.2) is 89.1 Å². The van der Waals surface area contributed by atoms with E-state index in [4.69, 9.17) is 4.74 Å². The van der Waals surface area contributed by atoms with Gasteiger partial charge in [0.1, 0.15) is 0 Å². The van der Waals surface area contributed by atoms with Gasteiger partial charge in [0.25, 0.3) is 0 Å². The summed E-state index contributed by atoms with van der Waals surface area (Å²) in [7, 11) is -5.01. The van der Waals surface area contributed by atoms with Crippen molar-refractivity contribution in [3.63, 3.8) is 0 Å². The highest BCUT2D eigenvalue weighted by Crippen LogP contribution is 2.18. The highest BCUT2D eigenvalue weighted by Gasteiger charge is 2.34. The molecule has 0 aromatic heterocycles. The molecular formula is C13H26N2O6S2. The molecule has 0 radical (unpaired) electrons. The molecule has 0 aromatic carbocycles. The molecule has 0 bridgehead atoms. The van der Waals surface area contributed by atoms with Crippen LogP contribution in [0.4, 0.5) is 0 Å². The first kappa shape index (κ1) is 20.3. The van der Waals surface area contributed by atoms with Crippen LogP contribution in [-0.2, 0) is 29.4 Å². The molecule has 1 rings (SSSR count). The molecule has 8 nitrogen and oxygen atoms in total. The van der Waals surface area contributed by atoms with Crippen LogP contribution in [0.15, 0.2) is 0 Å². The molecule has 0 aromatic rings. The first-order valence-corrected chi connectivity index (χ1v) is 11.2. The van der Waals surface area contributed by atoms with E-state index in [2.05, 4.69) is 0 Å². The number of sulfone groups is 1. The van der Waals surface area contributed by atoms with Crippen molar-refractivity contribution in [2.24, 2.45) is 0 Å². The predicted octanol–water partition coefficient (Wildman–Crippen LogP) is -0.680. The fourth-order valence-corrected chi connectivity index (χ4v) is 5.22. The number of ether oxygens (including phenoxy) is 1. The molecule has 0 N–H and O–H groups in total. The summed E-state index contributed by atoms with van der Waals surface area (Å²) in [5.74, 6) is -0.128. The van der Waals surface area contributed by atoms with Gasteiger partial charge < -0.3 is 9.64 Å². The number of amides is 1. The summed E-state index contributed by atoms with van der Waals surface area (Å²) in [6.45, 7) is 2.71. The molecule has 1 aliphatic heterocycles. The van der Waals surface area contributed by atoms with Crippen molar-refractivity contribution in [1.82, 2.24) is 9.21 Å². The van der Waals surface area contributed by atoms with Crippen molar-refractivity contribution in [3.8, 4) is 0 Å². The lowest BCUT2D eigenvalue weighted by Crippen LogP contribution is -2.43. The molecule has 1 saturated heterocycles. The molecule has 0 saturated carbocycles. The van der Waals surface area contributed by atoms with E-state index in [0.29, 0.717) is 13.0 Å². The third-order valence-electron chi connectivity index (χ3n) is 3.90. The zero-order valence-corrected chi connectivity index (χ0v) is 15.5. The minimum atomic E-state index is -3.42. The maximum absolute atomic E-state index is 12.4. The number of hydrogen-bond acceptors (Lipinski definition) is 6. The van der Waals surface area contributed by atoms with Gasteiger partial charge in [-0.3, -0.25) is 4.79 Å². The third kappa shape index (κ3) is 6.36. The van der Waals surface area contributed by atoms with E-state index in [1.807, 2.05) is 0 Å². The minimum absolute atomic E-state index is 0.00789. The second-order valence-corrected chi connectivity index (χ2v) is 9.85. The Morgan fingerprint density at radius 3 is 2.39 bits per heavy atom. The number of hydrogen-bond donors (Lipinski definition) is 0. The average Bonchev–Trinajstić information content (AvgIpc) is 2.78. The SMILES string of the molecule is CCN(C(=O)CCN(CCOC)S(C)(=O)=O)C1CCS(=O)(=O)C1. The molecule has 1 heterocycles. The second-order valence-electron chi connectivity index (χ2n) is 5.64. The van der Waals surface area contributed by atoms with Crippen LogP contribution >= 0.6 is 0 Å². The summed E-state index contributed by atoms with van der Waals surface area (Å²) >= 11 is 0. The van der Waals surface area contributed by atoms with E-state index < -0.39 is 19.9 Å². The number of rotatable bonds is 9. The fraction of sp³-hybridized carbons (Fsp3) is 0.923. The largest absolute Gasteiger partial charge is 0.383 e. The summed E-state index contributed by atoms with van der Waals surface area (Å²) in [6.07, 6.45) is 1.57. The van der Waals surface area contributed by atoms with Crippen LogP contribution in [0.1, 0.15) is 19.8 Å². The standard InChI is InChI=1S/C13H26N2O6S2/c1-4-15(12-6-10-23(19,20)11-12)13(16)5-7-14(8-9-21-2)22(3,17)18/h12H,4-11H2,1-3H3. The molecule has 23 heavy (non-hydrogen) atoms. The van der Waals surface area contributed by atoms with E-state index in [-0.39, 0.29) is 49.6 Å². The van der Waals surface area contributed by atoms with E-state index in [1.165, 1.54) is 11.4 Å². The number of methoxy groups -OCH3 is 1. The van der Waals surface area contributed by atoms with Gasteiger partial charge in [0.2, 0.25) is 15.9 Å². The molecule has 10 heteroatoms. The second kappa shape index (κ2) is 8.41. The average molecular weight is 370 g/mol. The Hall–Kier alpha value is -0.710. The molecular weight excluding hydrogens is 344 g/mol. The van der Waals surface area contributed by atoms with E-state index in [1.54, 1.807) is 11.8 Å². The van der Waals surface area contributed by atoms with Crippen molar-refractivity contribution >= 4 is 25.8 Å². The molecule has 136 valence electrons. The van der Waals surface area contributed by atoms with Gasteiger partial charge in [-0.25, -0.2) is 16.8 Å². The van der Waals surface area contributed by atoms with Gasteiger partial charge in [-0.05, 0) is 13.3 Å². The normalized spacial score (nSPS) is 20.8. The van der Waals surface area contributed by atoms with Gasteiger partial charge in [0, 0.05) is 39.2 Å². The molecule has 1 fully saturated rings. The zero-order chi connectivity index (χ0) is 17.7. The highest BCUT2D eigenvalue weighted by atomic mass is 32.2. The van der Waals surface area contributed by atoms with Crippen LogP contribution in [0.5, 0.6) is 0 Å². The summed E-state index contributed by atoms with van der Waals surface area (Å²) in [6, 6.07) is -0.303. The van der Waals surface area contributed by atoms with Gasteiger partial charge >= 0.3 is 0 Å². The molecule has 1 aliphatic rings. The number of carbonyl (C=O) groups is 1. The first-order chi connectivity index (χ1) is 10.6. The van der Waals surface area contributed by atoms with Crippen molar-refractivity contribution < 1.29 is 26.4 Å². The maximum atomic E-state index is 12.4. The predicted molar refractivity (Wildman–Crippen MR) is 87.4 cm³/mol. The Morgan fingerprint density at radius 1 is 1.30 bits per heavy atom. The van der Waals surface area contributed by atoms with Gasteiger partial charge in [0.05, 0.1) is 24.4 Å². The van der Waals surface area contributed by atoms with Crippen LogP contribution in [0.2, 0.25) is 0 Å². The van der Waals surface area contributed by atoms with Crippen molar-refractivity contribution in [3.05, 3.63) is 0 Å². The molecule has 1 unspecified atom stereocenters. The lowest BCUT2D eigenvalue weighted by molar-refractivity contribution is -0.132. The van der Waals surface area contributed by atoms with Crippen LogP contribution in [0.3, 0.4) is 0 Å². The van der Waals surface area contributed by atoms with Gasteiger partial charge in [-0.2, -0.15) is 4.31 Å². The van der Waals surface area contributed by atoms with E-state index in [0.717, 1.165) is 6.26 Å². The van der Waals surface area contributed by atoms with Crippen LogP contribution in [0, 0.1) is 0 Å². The summed E-state index contributed by atoms with van der Waals surface area (Å²) in [5.41, 5.74) is 0. The Morgan fingerprint density at radius 2 is 1.96 bits per heavy atom. The Bertz CT molecular complexity index is 602. The van der Waals surface area contributed by atoms with Gasteiger partial charge in [-0.15, -0.1) is 0 Å². The van der Waals surface area contributed by atoms with Crippen molar-refractivity contribution in [1.29, 1.82) is 0 Å². The van der Waals surface area contributed by atoms with Crippen LogP contribution in [0.25, 0.3) is 0 Å². The quantitative estimate of drug-likeness (QED) is 0.533. The number of nitrogens with zero attached hydrogens (tertiary/aromatic N) is 2. The van der Waals surface area contributed by atoms with Gasteiger partial charge in [-0.1, -0.05) is 0 Å². The topological polar surface area (TPSA) is 101 Å². The Balaban J connectivity index is 2.65. The molecule has 1 atom stereocenters. The lowest BCUT2D eigenvalue weighted by atomic mass is 10.2. The summed E-state index contributed by atoms with van der Waals surface area (Å²) in [4.78, 5) is 13.9. The Labute approximate surface area is 138 Å². The smallest absolute Gasteiger partial charge is 0.224 e.